The van der Waals surface area contributed by atoms with Gasteiger partial charge in [-0.05, 0) is 26.7 Å². The van der Waals surface area contributed by atoms with Gasteiger partial charge in [0.05, 0.1) is 37.9 Å². The Bertz CT molecular complexity index is 269. The van der Waals surface area contributed by atoms with E-state index in [4.69, 9.17) is 9.47 Å². The maximum atomic E-state index is 12.2. The molecule has 0 aromatic carbocycles. The number of ether oxygens (including phenoxy) is 2. The van der Waals surface area contributed by atoms with Crippen LogP contribution in [0.3, 0.4) is 0 Å². The lowest BCUT2D eigenvalue weighted by Crippen LogP contribution is -2.55. The standard InChI is InChI=1S/C13H24N2O3/c1-10-8-17-9-11(2)15(10)13(16)7-14-6-12-4-3-5-18-12/h10-12,14H,3-9H2,1-2H3/t10-,11+,12-/m1/s1. The highest BCUT2D eigenvalue weighted by Crippen LogP contribution is 2.13. The summed E-state index contributed by atoms with van der Waals surface area (Å²) in [7, 11) is 0. The highest BCUT2D eigenvalue weighted by atomic mass is 16.5. The van der Waals surface area contributed by atoms with Crippen LogP contribution >= 0.6 is 0 Å². The zero-order valence-corrected chi connectivity index (χ0v) is 11.4. The second kappa shape index (κ2) is 6.50. The van der Waals surface area contributed by atoms with Crippen molar-refractivity contribution in [2.45, 2.75) is 44.9 Å². The number of hydrogen-bond donors (Lipinski definition) is 1. The molecule has 2 saturated heterocycles. The number of rotatable bonds is 4. The molecule has 18 heavy (non-hydrogen) atoms. The van der Waals surface area contributed by atoms with E-state index in [-0.39, 0.29) is 24.1 Å². The Labute approximate surface area is 109 Å². The Morgan fingerprint density at radius 3 is 2.67 bits per heavy atom. The normalized spacial score (nSPS) is 32.8. The van der Waals surface area contributed by atoms with Crippen LogP contribution in [0.5, 0.6) is 0 Å². The van der Waals surface area contributed by atoms with Crippen molar-refractivity contribution in [2.75, 3.05) is 32.9 Å². The average molecular weight is 256 g/mol. The third-order valence-electron chi connectivity index (χ3n) is 3.63. The van der Waals surface area contributed by atoms with Gasteiger partial charge in [0.2, 0.25) is 5.91 Å². The first-order valence-electron chi connectivity index (χ1n) is 6.89. The molecule has 104 valence electrons. The molecule has 0 bridgehead atoms. The zero-order chi connectivity index (χ0) is 13.0. The summed E-state index contributed by atoms with van der Waals surface area (Å²) < 4.78 is 10.9. The molecule has 2 fully saturated rings. The molecule has 0 aromatic heterocycles. The molecule has 0 radical (unpaired) electrons. The van der Waals surface area contributed by atoms with E-state index in [1.165, 1.54) is 0 Å². The van der Waals surface area contributed by atoms with E-state index in [1.807, 2.05) is 18.7 Å². The van der Waals surface area contributed by atoms with E-state index in [0.29, 0.717) is 19.8 Å². The van der Waals surface area contributed by atoms with Gasteiger partial charge in [0.15, 0.2) is 0 Å². The number of nitrogens with one attached hydrogen (secondary N) is 1. The van der Waals surface area contributed by atoms with Gasteiger partial charge < -0.3 is 19.7 Å². The third kappa shape index (κ3) is 3.43. The van der Waals surface area contributed by atoms with E-state index < -0.39 is 0 Å². The number of hydrogen-bond acceptors (Lipinski definition) is 4. The van der Waals surface area contributed by atoms with E-state index in [1.54, 1.807) is 0 Å². The van der Waals surface area contributed by atoms with Crippen LogP contribution in [0.15, 0.2) is 0 Å². The summed E-state index contributed by atoms with van der Waals surface area (Å²) in [4.78, 5) is 14.1. The first kappa shape index (κ1) is 13.8. The molecule has 1 N–H and O–H groups in total. The Morgan fingerprint density at radius 2 is 2.06 bits per heavy atom. The largest absolute Gasteiger partial charge is 0.377 e. The highest BCUT2D eigenvalue weighted by Gasteiger charge is 2.29. The fraction of sp³-hybridized carbons (Fsp3) is 0.923. The van der Waals surface area contributed by atoms with E-state index in [0.717, 1.165) is 26.0 Å². The molecule has 2 aliphatic heterocycles. The molecular weight excluding hydrogens is 232 g/mol. The molecule has 5 nitrogen and oxygen atoms in total. The van der Waals surface area contributed by atoms with Gasteiger partial charge in [-0.3, -0.25) is 4.79 Å². The second-order valence-corrected chi connectivity index (χ2v) is 5.30. The summed E-state index contributed by atoms with van der Waals surface area (Å²) in [6.07, 6.45) is 2.53. The Hall–Kier alpha value is -0.650. The fourth-order valence-electron chi connectivity index (χ4n) is 2.73. The van der Waals surface area contributed by atoms with Gasteiger partial charge in [0, 0.05) is 13.2 Å². The maximum Gasteiger partial charge on any atom is 0.237 e. The van der Waals surface area contributed by atoms with E-state index in [9.17, 15) is 4.79 Å². The Morgan fingerprint density at radius 1 is 1.33 bits per heavy atom. The number of carbonyl (C=O) groups excluding carboxylic acids is 1. The van der Waals surface area contributed by atoms with Crippen LogP contribution < -0.4 is 5.32 Å². The highest BCUT2D eigenvalue weighted by molar-refractivity contribution is 5.79. The molecule has 3 atom stereocenters. The van der Waals surface area contributed by atoms with E-state index in [2.05, 4.69) is 5.32 Å². The summed E-state index contributed by atoms with van der Waals surface area (Å²) in [5.41, 5.74) is 0. The molecule has 1 amide bonds. The van der Waals surface area contributed by atoms with Crippen molar-refractivity contribution in [3.63, 3.8) is 0 Å². The fourth-order valence-corrected chi connectivity index (χ4v) is 2.73. The van der Waals surface area contributed by atoms with Crippen molar-refractivity contribution >= 4 is 5.91 Å². The van der Waals surface area contributed by atoms with Crippen molar-refractivity contribution in [2.24, 2.45) is 0 Å². The van der Waals surface area contributed by atoms with Crippen molar-refractivity contribution < 1.29 is 14.3 Å². The number of amides is 1. The first-order valence-corrected chi connectivity index (χ1v) is 6.89. The van der Waals surface area contributed by atoms with Crippen molar-refractivity contribution in [3.8, 4) is 0 Å². The maximum absolute atomic E-state index is 12.2. The molecule has 0 spiro atoms. The van der Waals surface area contributed by atoms with Gasteiger partial charge in [-0.15, -0.1) is 0 Å². The van der Waals surface area contributed by atoms with Gasteiger partial charge >= 0.3 is 0 Å². The van der Waals surface area contributed by atoms with Gasteiger partial charge in [-0.1, -0.05) is 0 Å². The topological polar surface area (TPSA) is 50.8 Å². The predicted molar refractivity (Wildman–Crippen MR) is 68.4 cm³/mol. The molecule has 0 saturated carbocycles. The minimum Gasteiger partial charge on any atom is -0.377 e. The predicted octanol–water partition coefficient (Wildman–Crippen LogP) is 0.391. The van der Waals surface area contributed by atoms with Gasteiger partial charge in [-0.25, -0.2) is 0 Å². The van der Waals surface area contributed by atoms with Crippen LogP contribution in [0.25, 0.3) is 0 Å². The van der Waals surface area contributed by atoms with Crippen molar-refractivity contribution in [3.05, 3.63) is 0 Å². The Kier molecular flexibility index (Phi) is 4.97. The van der Waals surface area contributed by atoms with Crippen LogP contribution in [-0.2, 0) is 14.3 Å². The molecule has 0 aromatic rings. The monoisotopic (exact) mass is 256 g/mol. The van der Waals surface area contributed by atoms with E-state index >= 15 is 0 Å². The van der Waals surface area contributed by atoms with Gasteiger partial charge in [-0.2, -0.15) is 0 Å². The lowest BCUT2D eigenvalue weighted by Gasteiger charge is -2.38. The van der Waals surface area contributed by atoms with Crippen molar-refractivity contribution in [1.82, 2.24) is 10.2 Å². The minimum atomic E-state index is 0.163. The van der Waals surface area contributed by atoms with Gasteiger partial charge in [0.25, 0.3) is 0 Å². The molecular formula is C13H24N2O3. The number of carbonyl (C=O) groups is 1. The zero-order valence-electron chi connectivity index (χ0n) is 11.4. The SMILES string of the molecule is C[C@@H]1COC[C@H](C)N1C(=O)CNC[C@H]1CCCO1. The molecule has 5 heteroatoms. The smallest absolute Gasteiger partial charge is 0.237 e. The number of nitrogens with zero attached hydrogens (tertiary/aromatic N) is 1. The van der Waals surface area contributed by atoms with Gasteiger partial charge in [0.1, 0.15) is 0 Å². The molecule has 0 unspecified atom stereocenters. The lowest BCUT2D eigenvalue weighted by molar-refractivity contribution is -0.143. The van der Waals surface area contributed by atoms with Crippen LogP contribution in [-0.4, -0.2) is 61.9 Å². The quantitative estimate of drug-likeness (QED) is 0.790. The summed E-state index contributed by atoms with van der Waals surface area (Å²) >= 11 is 0. The minimum absolute atomic E-state index is 0.163. The summed E-state index contributed by atoms with van der Waals surface area (Å²) in [6, 6.07) is 0.344. The van der Waals surface area contributed by atoms with Crippen LogP contribution in [0, 0.1) is 0 Å². The molecule has 0 aliphatic carbocycles. The average Bonchev–Trinajstić information content (AvgIpc) is 2.82. The number of morpholine rings is 1. The second-order valence-electron chi connectivity index (χ2n) is 5.30. The molecule has 2 aliphatic rings. The van der Waals surface area contributed by atoms with Crippen LogP contribution in [0.2, 0.25) is 0 Å². The van der Waals surface area contributed by atoms with Crippen LogP contribution in [0.4, 0.5) is 0 Å². The molecule has 2 rings (SSSR count). The summed E-state index contributed by atoms with van der Waals surface area (Å²) in [6.45, 7) is 7.39. The summed E-state index contributed by atoms with van der Waals surface area (Å²) in [5, 5.41) is 3.21. The van der Waals surface area contributed by atoms with Crippen LogP contribution in [0.1, 0.15) is 26.7 Å². The third-order valence-corrected chi connectivity index (χ3v) is 3.63. The molecule has 2 heterocycles. The summed E-state index contributed by atoms with van der Waals surface area (Å²) in [5.74, 6) is 0.163. The first-order chi connectivity index (χ1) is 8.68. The lowest BCUT2D eigenvalue weighted by atomic mass is 10.1. The Balaban J connectivity index is 1.72. The van der Waals surface area contributed by atoms with Crippen molar-refractivity contribution in [1.29, 1.82) is 0 Å².